The van der Waals surface area contributed by atoms with Crippen molar-refractivity contribution in [1.82, 2.24) is 10.3 Å². The van der Waals surface area contributed by atoms with E-state index in [0.29, 0.717) is 17.5 Å². The molecule has 2 aromatic rings. The number of piperidine rings is 1. The highest BCUT2D eigenvalue weighted by molar-refractivity contribution is 6.01. The maximum Gasteiger partial charge on any atom is 0.252 e. The summed E-state index contributed by atoms with van der Waals surface area (Å²) in [4.78, 5) is 18.9. The number of anilines is 1. The maximum absolute atomic E-state index is 12.0. The maximum atomic E-state index is 12.0. The third-order valence-electron chi connectivity index (χ3n) is 4.82. The van der Waals surface area contributed by atoms with Crippen molar-refractivity contribution in [3.63, 3.8) is 0 Å². The topological polar surface area (TPSA) is 71.2 Å². The lowest BCUT2D eigenvalue weighted by atomic mass is 10.0. The van der Waals surface area contributed by atoms with Gasteiger partial charge in [0.25, 0.3) is 5.91 Å². The van der Waals surface area contributed by atoms with Gasteiger partial charge in [-0.05, 0) is 50.4 Å². The number of nitrogens with one attached hydrogen (secondary N) is 1. The van der Waals surface area contributed by atoms with Crippen molar-refractivity contribution in [1.29, 1.82) is 0 Å². The first-order valence-corrected chi connectivity index (χ1v) is 9.13. The van der Waals surface area contributed by atoms with Crippen LogP contribution in [0.15, 0.2) is 24.3 Å². The van der Waals surface area contributed by atoms with E-state index in [0.717, 1.165) is 54.8 Å². The van der Waals surface area contributed by atoms with Crippen molar-refractivity contribution in [2.24, 2.45) is 11.7 Å². The highest BCUT2D eigenvalue weighted by atomic mass is 16.1. The van der Waals surface area contributed by atoms with Crippen LogP contribution in [-0.2, 0) is 0 Å². The first kappa shape index (κ1) is 17.7. The highest BCUT2D eigenvalue weighted by Gasteiger charge is 2.23. The monoisotopic (exact) mass is 340 g/mol. The largest absolute Gasteiger partial charge is 0.365 e. The molecule has 1 aromatic carbocycles. The number of fused-ring (bicyclic) bond motifs is 1. The zero-order chi connectivity index (χ0) is 18.0. The number of hydrogen-bond acceptors (Lipinski definition) is 4. The second kappa shape index (κ2) is 7.40. The summed E-state index contributed by atoms with van der Waals surface area (Å²) in [5.74, 6) is 0.974. The van der Waals surface area contributed by atoms with Crippen LogP contribution in [0, 0.1) is 12.8 Å². The molecule has 0 bridgehead atoms. The number of primary amides is 1. The Morgan fingerprint density at radius 3 is 2.68 bits per heavy atom. The molecule has 0 atom stereocenters. The van der Waals surface area contributed by atoms with E-state index in [1.54, 1.807) is 0 Å². The van der Waals surface area contributed by atoms with Gasteiger partial charge in [0.05, 0.1) is 11.1 Å². The lowest BCUT2D eigenvalue weighted by Crippen LogP contribution is -2.44. The molecule has 1 aromatic heterocycles. The normalized spacial score (nSPS) is 15.9. The molecule has 0 spiro atoms. The molecule has 0 saturated carbocycles. The zero-order valence-electron chi connectivity index (χ0n) is 15.4. The number of hydrogen-bond donors (Lipinski definition) is 2. The van der Waals surface area contributed by atoms with Gasteiger partial charge >= 0.3 is 0 Å². The van der Waals surface area contributed by atoms with Gasteiger partial charge in [-0.3, -0.25) is 4.79 Å². The van der Waals surface area contributed by atoms with E-state index >= 15 is 0 Å². The van der Waals surface area contributed by atoms with Crippen molar-refractivity contribution < 1.29 is 4.79 Å². The molecule has 3 rings (SSSR count). The fraction of sp³-hybridized carbons (Fsp3) is 0.500. The quantitative estimate of drug-likeness (QED) is 0.878. The van der Waals surface area contributed by atoms with Crippen LogP contribution in [0.5, 0.6) is 0 Å². The number of aryl methyl sites for hydroxylation is 1. The smallest absolute Gasteiger partial charge is 0.252 e. The molecular weight excluding hydrogens is 312 g/mol. The first-order chi connectivity index (χ1) is 11.9. The summed E-state index contributed by atoms with van der Waals surface area (Å²) in [7, 11) is 0. The first-order valence-electron chi connectivity index (χ1n) is 9.13. The fourth-order valence-electron chi connectivity index (χ4n) is 3.41. The number of nitrogens with two attached hydrogens (primary N) is 1. The third kappa shape index (κ3) is 4.10. The van der Waals surface area contributed by atoms with Gasteiger partial charge in [0.1, 0.15) is 5.82 Å². The van der Waals surface area contributed by atoms with Gasteiger partial charge in [0.2, 0.25) is 0 Å². The molecule has 1 amide bonds. The summed E-state index contributed by atoms with van der Waals surface area (Å²) in [6, 6.07) is 8.52. The number of nitrogens with zero attached hydrogens (tertiary/aromatic N) is 2. The molecule has 2 heterocycles. The second-order valence-corrected chi connectivity index (χ2v) is 7.48. The van der Waals surface area contributed by atoms with Crippen LogP contribution in [0.3, 0.4) is 0 Å². The zero-order valence-corrected chi connectivity index (χ0v) is 15.4. The number of pyridine rings is 1. The highest BCUT2D eigenvalue weighted by Crippen LogP contribution is 2.26. The molecule has 25 heavy (non-hydrogen) atoms. The van der Waals surface area contributed by atoms with Gasteiger partial charge < -0.3 is 16.0 Å². The van der Waals surface area contributed by atoms with Crippen LogP contribution in [0.1, 0.15) is 42.6 Å². The summed E-state index contributed by atoms with van der Waals surface area (Å²) < 4.78 is 0. The lowest BCUT2D eigenvalue weighted by molar-refractivity contribution is 0.100. The van der Waals surface area contributed by atoms with Crippen LogP contribution in [0.4, 0.5) is 5.82 Å². The van der Waals surface area contributed by atoms with Gasteiger partial charge in [-0.2, -0.15) is 0 Å². The van der Waals surface area contributed by atoms with E-state index in [-0.39, 0.29) is 0 Å². The molecule has 1 aliphatic heterocycles. The molecule has 1 fully saturated rings. The molecule has 0 radical (unpaired) electrons. The number of benzene rings is 1. The summed E-state index contributed by atoms with van der Waals surface area (Å²) in [5.41, 5.74) is 8.22. The lowest BCUT2D eigenvalue weighted by Gasteiger charge is -2.34. The Hall–Kier alpha value is -2.14. The van der Waals surface area contributed by atoms with Crippen LogP contribution >= 0.6 is 0 Å². The molecule has 3 N–H and O–H groups in total. The minimum Gasteiger partial charge on any atom is -0.365 e. The number of aromatic nitrogens is 1. The third-order valence-corrected chi connectivity index (χ3v) is 4.82. The Morgan fingerprint density at radius 1 is 1.32 bits per heavy atom. The number of amides is 1. The average Bonchev–Trinajstić information content (AvgIpc) is 2.59. The Kier molecular flexibility index (Phi) is 5.23. The predicted molar refractivity (Wildman–Crippen MR) is 103 cm³/mol. The van der Waals surface area contributed by atoms with Gasteiger partial charge in [0.15, 0.2) is 0 Å². The fourth-order valence-corrected chi connectivity index (χ4v) is 3.41. The number of rotatable bonds is 5. The van der Waals surface area contributed by atoms with Gasteiger partial charge in [-0.1, -0.05) is 25.5 Å². The van der Waals surface area contributed by atoms with Crippen LogP contribution in [0.2, 0.25) is 0 Å². The van der Waals surface area contributed by atoms with Crippen molar-refractivity contribution in [3.8, 4) is 0 Å². The summed E-state index contributed by atoms with van der Waals surface area (Å²) in [6.07, 6.45) is 2.11. The molecule has 1 saturated heterocycles. The van der Waals surface area contributed by atoms with E-state index in [4.69, 9.17) is 10.7 Å². The second-order valence-electron chi connectivity index (χ2n) is 7.48. The van der Waals surface area contributed by atoms with Crippen LogP contribution in [0.25, 0.3) is 10.9 Å². The van der Waals surface area contributed by atoms with Gasteiger partial charge in [-0.25, -0.2) is 4.98 Å². The van der Waals surface area contributed by atoms with Crippen molar-refractivity contribution >= 4 is 22.6 Å². The molecule has 5 nitrogen and oxygen atoms in total. The Labute approximate surface area is 149 Å². The number of carbonyl (C=O) groups excluding carboxylic acids is 1. The van der Waals surface area contributed by atoms with Crippen LogP contribution in [-0.4, -0.2) is 36.6 Å². The molecule has 5 heteroatoms. The van der Waals surface area contributed by atoms with Gasteiger partial charge in [-0.15, -0.1) is 0 Å². The van der Waals surface area contributed by atoms with Crippen molar-refractivity contribution in [3.05, 3.63) is 35.4 Å². The van der Waals surface area contributed by atoms with E-state index in [2.05, 4.69) is 24.1 Å². The van der Waals surface area contributed by atoms with Gasteiger partial charge in [0, 0.05) is 24.5 Å². The Balaban J connectivity index is 1.82. The minimum absolute atomic E-state index is 0.411. The standard InChI is InChI=1S/C20H28N4O/c1-13(2)12-22-16-6-8-24(9-7-16)20-17(19(21)25)11-15-10-14(3)4-5-18(15)23-20/h4-5,10-11,13,16,22H,6-9,12H2,1-3H3,(H2,21,25). The Morgan fingerprint density at radius 2 is 2.04 bits per heavy atom. The Bertz CT molecular complexity index is 764. The van der Waals surface area contributed by atoms with E-state index < -0.39 is 5.91 Å². The molecular formula is C20H28N4O. The molecule has 1 aliphatic rings. The minimum atomic E-state index is -0.411. The van der Waals surface area contributed by atoms with Crippen molar-refractivity contribution in [2.75, 3.05) is 24.5 Å². The molecule has 134 valence electrons. The predicted octanol–water partition coefficient (Wildman–Crippen LogP) is 2.86. The summed E-state index contributed by atoms with van der Waals surface area (Å²) in [6.45, 7) is 9.31. The average molecular weight is 340 g/mol. The van der Waals surface area contributed by atoms with E-state index in [1.165, 1.54) is 0 Å². The molecule has 0 unspecified atom stereocenters. The van der Waals surface area contributed by atoms with E-state index in [1.807, 2.05) is 31.2 Å². The van der Waals surface area contributed by atoms with E-state index in [9.17, 15) is 4.79 Å². The number of carbonyl (C=O) groups is 1. The SMILES string of the molecule is Cc1ccc2nc(N3CCC(NCC(C)C)CC3)c(C(N)=O)cc2c1. The summed E-state index contributed by atoms with van der Waals surface area (Å²) >= 11 is 0. The summed E-state index contributed by atoms with van der Waals surface area (Å²) in [5, 5.41) is 4.59. The van der Waals surface area contributed by atoms with Crippen molar-refractivity contribution in [2.45, 2.75) is 39.7 Å². The van der Waals surface area contributed by atoms with Crippen LogP contribution < -0.4 is 16.0 Å². The molecule has 0 aliphatic carbocycles.